The average Bonchev–Trinajstić information content (AvgIpc) is 2.85. The number of carbonyl (C=O) groups is 1. The Morgan fingerprint density at radius 1 is 1.19 bits per heavy atom. The molecule has 3 aliphatic rings. The molecule has 1 aromatic rings. The molecule has 0 radical (unpaired) electrons. The standard InChI is InChI=1S/C21H28O6/c1-9(2)10-13(22)15(24)12-11(16(10)26-5)14(23)17-18-20(3,4)7-6-8-21(12,18)19(25)27-17/h9,14,17-18,22-24H,6-8H2,1-5H3/t14-,17-,18+,21+/m1/s1. The van der Waals surface area contributed by atoms with Gasteiger partial charge in [-0.2, -0.15) is 0 Å². The van der Waals surface area contributed by atoms with Crippen LogP contribution in [0.3, 0.4) is 0 Å². The van der Waals surface area contributed by atoms with E-state index < -0.39 is 23.6 Å². The Bertz CT molecular complexity index is 827. The number of hydrogen-bond donors (Lipinski definition) is 3. The van der Waals surface area contributed by atoms with Crippen LogP contribution < -0.4 is 4.74 Å². The zero-order chi connectivity index (χ0) is 19.9. The molecule has 1 saturated heterocycles. The highest BCUT2D eigenvalue weighted by Gasteiger charge is 2.70. The Kier molecular flexibility index (Phi) is 3.77. The minimum absolute atomic E-state index is 0.143. The second-order valence-electron chi connectivity index (χ2n) is 9.19. The Labute approximate surface area is 159 Å². The monoisotopic (exact) mass is 376 g/mol. The smallest absolute Gasteiger partial charge is 0.317 e. The van der Waals surface area contributed by atoms with Crippen molar-refractivity contribution < 1.29 is 29.6 Å². The van der Waals surface area contributed by atoms with E-state index in [1.54, 1.807) is 0 Å². The maximum atomic E-state index is 13.1. The molecular weight excluding hydrogens is 348 g/mol. The van der Waals surface area contributed by atoms with Crippen molar-refractivity contribution >= 4 is 5.97 Å². The van der Waals surface area contributed by atoms with E-state index in [0.29, 0.717) is 28.9 Å². The van der Waals surface area contributed by atoms with Gasteiger partial charge in [-0.15, -0.1) is 0 Å². The third kappa shape index (κ3) is 2.02. The van der Waals surface area contributed by atoms with Gasteiger partial charge < -0.3 is 24.8 Å². The zero-order valence-corrected chi connectivity index (χ0v) is 16.5. The van der Waals surface area contributed by atoms with Crippen LogP contribution in [0.2, 0.25) is 0 Å². The number of phenols is 2. The van der Waals surface area contributed by atoms with Crippen LogP contribution in [0.25, 0.3) is 0 Å². The minimum atomic E-state index is -1.11. The summed E-state index contributed by atoms with van der Waals surface area (Å²) in [5.41, 5.74) is -0.193. The van der Waals surface area contributed by atoms with Crippen molar-refractivity contribution in [2.45, 2.75) is 70.5 Å². The van der Waals surface area contributed by atoms with Crippen molar-refractivity contribution in [3.05, 3.63) is 16.7 Å². The summed E-state index contributed by atoms with van der Waals surface area (Å²) in [6.45, 7) is 7.91. The molecule has 6 heteroatoms. The summed E-state index contributed by atoms with van der Waals surface area (Å²) in [5, 5.41) is 33.0. The molecule has 2 fully saturated rings. The number of aromatic hydroxyl groups is 2. The molecule has 1 saturated carbocycles. The second-order valence-corrected chi connectivity index (χ2v) is 9.19. The second kappa shape index (κ2) is 5.53. The molecule has 4 rings (SSSR count). The summed E-state index contributed by atoms with van der Waals surface area (Å²) >= 11 is 0. The molecule has 0 spiro atoms. The maximum absolute atomic E-state index is 13.1. The number of aliphatic hydroxyl groups excluding tert-OH is 1. The average molecular weight is 376 g/mol. The van der Waals surface area contributed by atoms with E-state index in [4.69, 9.17) is 9.47 Å². The van der Waals surface area contributed by atoms with Crippen LogP contribution in [0.5, 0.6) is 17.2 Å². The third-order valence-electron chi connectivity index (χ3n) is 7.01. The first-order chi connectivity index (χ1) is 12.6. The van der Waals surface area contributed by atoms with Gasteiger partial charge in [0.25, 0.3) is 0 Å². The van der Waals surface area contributed by atoms with E-state index in [0.717, 1.165) is 12.8 Å². The van der Waals surface area contributed by atoms with Gasteiger partial charge in [0, 0.05) is 22.6 Å². The molecule has 0 amide bonds. The van der Waals surface area contributed by atoms with E-state index in [-0.39, 0.29) is 28.7 Å². The summed E-state index contributed by atoms with van der Waals surface area (Å²) < 4.78 is 11.3. The van der Waals surface area contributed by atoms with Gasteiger partial charge in [-0.1, -0.05) is 34.1 Å². The molecule has 27 heavy (non-hydrogen) atoms. The predicted octanol–water partition coefficient (Wildman–Crippen LogP) is 3.27. The lowest BCUT2D eigenvalue weighted by molar-refractivity contribution is -0.148. The molecule has 2 aliphatic carbocycles. The van der Waals surface area contributed by atoms with Crippen LogP contribution in [0.15, 0.2) is 0 Å². The summed E-state index contributed by atoms with van der Waals surface area (Å²) in [7, 11) is 1.48. The van der Waals surface area contributed by atoms with E-state index in [2.05, 4.69) is 13.8 Å². The van der Waals surface area contributed by atoms with Gasteiger partial charge >= 0.3 is 5.97 Å². The van der Waals surface area contributed by atoms with Gasteiger partial charge in [0.05, 0.1) is 7.11 Å². The quantitative estimate of drug-likeness (QED) is 0.542. The van der Waals surface area contributed by atoms with Crippen molar-refractivity contribution in [2.24, 2.45) is 11.3 Å². The van der Waals surface area contributed by atoms with E-state index in [1.807, 2.05) is 13.8 Å². The van der Waals surface area contributed by atoms with Crippen LogP contribution in [0.1, 0.15) is 75.7 Å². The molecule has 1 heterocycles. The van der Waals surface area contributed by atoms with Crippen LogP contribution in [-0.2, 0) is 14.9 Å². The number of aliphatic hydroxyl groups is 1. The molecule has 0 unspecified atom stereocenters. The van der Waals surface area contributed by atoms with Gasteiger partial charge in [0.2, 0.25) is 0 Å². The number of carbonyl (C=O) groups excluding carboxylic acids is 1. The zero-order valence-electron chi connectivity index (χ0n) is 16.5. The maximum Gasteiger partial charge on any atom is 0.317 e. The molecule has 0 aromatic heterocycles. The van der Waals surface area contributed by atoms with Gasteiger partial charge in [0.15, 0.2) is 11.5 Å². The summed E-state index contributed by atoms with van der Waals surface area (Å²) in [6.07, 6.45) is 0.435. The Morgan fingerprint density at radius 3 is 2.44 bits per heavy atom. The number of ether oxygens (including phenoxy) is 2. The lowest BCUT2D eigenvalue weighted by Gasteiger charge is -2.51. The van der Waals surface area contributed by atoms with E-state index in [1.165, 1.54) is 7.11 Å². The first kappa shape index (κ1) is 18.4. The molecule has 148 valence electrons. The number of benzene rings is 1. The van der Waals surface area contributed by atoms with Crippen molar-refractivity contribution in [2.75, 3.05) is 7.11 Å². The third-order valence-corrected chi connectivity index (χ3v) is 7.01. The first-order valence-corrected chi connectivity index (χ1v) is 9.64. The number of phenolic OH excluding ortho intramolecular Hbond substituents is 2. The molecule has 4 atom stereocenters. The number of fused-ring (bicyclic) bond motifs is 1. The topological polar surface area (TPSA) is 96.2 Å². The lowest BCUT2D eigenvalue weighted by atomic mass is 9.49. The number of hydrogen-bond acceptors (Lipinski definition) is 6. The SMILES string of the molecule is COc1c(C(C)C)c(O)c(O)c2c1[C@@H](O)[C@H]1OC(=O)[C@@]23CCCC(C)(C)[C@H]13. The molecule has 2 bridgehead atoms. The van der Waals surface area contributed by atoms with Gasteiger partial charge in [-0.25, -0.2) is 0 Å². The molecule has 1 aromatic carbocycles. The summed E-state index contributed by atoms with van der Waals surface area (Å²) in [5.74, 6) is -1.09. The predicted molar refractivity (Wildman–Crippen MR) is 98.1 cm³/mol. The number of methoxy groups -OCH3 is 1. The van der Waals surface area contributed by atoms with Gasteiger partial charge in [0.1, 0.15) is 23.4 Å². The number of esters is 1. The molecule has 6 nitrogen and oxygen atoms in total. The largest absolute Gasteiger partial charge is 0.504 e. The normalized spacial score (nSPS) is 33.4. The van der Waals surface area contributed by atoms with Crippen molar-refractivity contribution in [3.8, 4) is 17.2 Å². The Balaban J connectivity index is 2.13. The Hall–Kier alpha value is -1.95. The first-order valence-electron chi connectivity index (χ1n) is 9.64. The minimum Gasteiger partial charge on any atom is -0.504 e. The highest BCUT2D eigenvalue weighted by molar-refractivity contribution is 5.91. The van der Waals surface area contributed by atoms with Crippen LogP contribution in [0.4, 0.5) is 0 Å². The summed E-state index contributed by atoms with van der Waals surface area (Å²) in [4.78, 5) is 13.1. The van der Waals surface area contributed by atoms with Crippen molar-refractivity contribution in [3.63, 3.8) is 0 Å². The van der Waals surface area contributed by atoms with Crippen molar-refractivity contribution in [1.82, 2.24) is 0 Å². The summed E-state index contributed by atoms with van der Waals surface area (Å²) in [6, 6.07) is 0. The van der Waals surface area contributed by atoms with E-state index >= 15 is 0 Å². The Morgan fingerprint density at radius 2 is 1.85 bits per heavy atom. The fourth-order valence-corrected chi connectivity index (χ4v) is 6.07. The van der Waals surface area contributed by atoms with Crippen LogP contribution >= 0.6 is 0 Å². The fourth-order valence-electron chi connectivity index (χ4n) is 6.07. The molecule has 1 aliphatic heterocycles. The van der Waals surface area contributed by atoms with Gasteiger partial charge in [-0.3, -0.25) is 4.79 Å². The highest BCUT2D eigenvalue weighted by Crippen LogP contribution is 2.68. The molecular formula is C21H28O6. The highest BCUT2D eigenvalue weighted by atomic mass is 16.6. The van der Waals surface area contributed by atoms with Crippen LogP contribution in [0, 0.1) is 11.3 Å². The van der Waals surface area contributed by atoms with Gasteiger partial charge in [-0.05, 0) is 24.2 Å². The fraction of sp³-hybridized carbons (Fsp3) is 0.667. The van der Waals surface area contributed by atoms with Crippen LogP contribution in [-0.4, -0.2) is 34.5 Å². The molecule has 3 N–H and O–H groups in total. The number of rotatable bonds is 2. The lowest BCUT2D eigenvalue weighted by Crippen LogP contribution is -2.54. The van der Waals surface area contributed by atoms with Crippen molar-refractivity contribution in [1.29, 1.82) is 0 Å². The van der Waals surface area contributed by atoms with E-state index in [9.17, 15) is 20.1 Å².